The predicted molar refractivity (Wildman–Crippen MR) is 87.5 cm³/mol. The summed E-state index contributed by atoms with van der Waals surface area (Å²) in [6, 6.07) is 11.9. The van der Waals surface area contributed by atoms with Crippen molar-refractivity contribution in [2.24, 2.45) is 0 Å². The van der Waals surface area contributed by atoms with Crippen LogP contribution in [0.25, 0.3) is 6.08 Å². The summed E-state index contributed by atoms with van der Waals surface area (Å²) in [5.74, 6) is 1.45. The molecule has 0 amide bonds. The summed E-state index contributed by atoms with van der Waals surface area (Å²) in [6.45, 7) is 6.01. The van der Waals surface area contributed by atoms with E-state index in [2.05, 4.69) is 17.2 Å². The van der Waals surface area contributed by atoms with Crippen LogP contribution in [-0.4, -0.2) is 11.5 Å². The SMILES string of the molecule is CC=Cc1ccccc1Oc1cc(CNCCC)ccn1. The van der Waals surface area contributed by atoms with Gasteiger partial charge in [-0.3, -0.25) is 0 Å². The van der Waals surface area contributed by atoms with Crippen LogP contribution in [0.5, 0.6) is 11.6 Å². The van der Waals surface area contributed by atoms with Gasteiger partial charge in [0.25, 0.3) is 0 Å². The first-order chi connectivity index (χ1) is 10.3. The summed E-state index contributed by atoms with van der Waals surface area (Å²) in [7, 11) is 0. The fraction of sp³-hybridized carbons (Fsp3) is 0.278. The van der Waals surface area contributed by atoms with Gasteiger partial charge in [-0.2, -0.15) is 0 Å². The van der Waals surface area contributed by atoms with Crippen molar-refractivity contribution in [3.8, 4) is 11.6 Å². The highest BCUT2D eigenvalue weighted by atomic mass is 16.5. The third-order valence-electron chi connectivity index (χ3n) is 3.03. The van der Waals surface area contributed by atoms with E-state index < -0.39 is 0 Å². The van der Waals surface area contributed by atoms with Gasteiger partial charge in [-0.25, -0.2) is 4.98 Å². The molecule has 0 fully saturated rings. The van der Waals surface area contributed by atoms with Crippen LogP contribution in [0.1, 0.15) is 31.4 Å². The van der Waals surface area contributed by atoms with Gasteiger partial charge in [0.2, 0.25) is 5.88 Å². The summed E-state index contributed by atoms with van der Waals surface area (Å²) in [5, 5.41) is 3.38. The van der Waals surface area contributed by atoms with Gasteiger partial charge in [0, 0.05) is 24.4 Å². The number of hydrogen-bond acceptors (Lipinski definition) is 3. The summed E-state index contributed by atoms with van der Waals surface area (Å²) in [6.07, 6.45) is 6.95. The first kappa shape index (κ1) is 15.3. The van der Waals surface area contributed by atoms with Crippen LogP contribution in [0.3, 0.4) is 0 Å². The quantitative estimate of drug-likeness (QED) is 0.764. The highest BCUT2D eigenvalue weighted by Gasteiger charge is 2.03. The molecule has 0 radical (unpaired) electrons. The molecule has 0 saturated carbocycles. The second kappa shape index (κ2) is 8.22. The number of benzene rings is 1. The van der Waals surface area contributed by atoms with Gasteiger partial charge in [0.1, 0.15) is 5.75 Å². The molecular weight excluding hydrogens is 260 g/mol. The van der Waals surface area contributed by atoms with Crippen molar-refractivity contribution in [3.63, 3.8) is 0 Å². The monoisotopic (exact) mass is 282 g/mol. The second-order valence-electron chi connectivity index (χ2n) is 4.82. The maximum atomic E-state index is 5.92. The summed E-state index contributed by atoms with van der Waals surface area (Å²) >= 11 is 0. The van der Waals surface area contributed by atoms with E-state index in [-0.39, 0.29) is 0 Å². The summed E-state index contributed by atoms with van der Waals surface area (Å²) in [4.78, 5) is 4.29. The number of allylic oxidation sites excluding steroid dienone is 1. The number of nitrogens with zero attached hydrogens (tertiary/aromatic N) is 1. The van der Waals surface area contributed by atoms with Gasteiger partial charge in [0.15, 0.2) is 0 Å². The molecule has 21 heavy (non-hydrogen) atoms. The van der Waals surface area contributed by atoms with Gasteiger partial charge in [-0.15, -0.1) is 0 Å². The fourth-order valence-electron chi connectivity index (χ4n) is 2.03. The maximum Gasteiger partial charge on any atom is 0.219 e. The topological polar surface area (TPSA) is 34.1 Å². The standard InChI is InChI=1S/C18H22N2O/c1-3-7-16-8-5-6-9-17(16)21-18-13-15(10-12-20-18)14-19-11-4-2/h3,5-10,12-13,19H,4,11,14H2,1-2H3. The molecule has 1 heterocycles. The van der Waals surface area contributed by atoms with Gasteiger partial charge >= 0.3 is 0 Å². The number of ether oxygens (including phenoxy) is 1. The Labute approximate surface area is 126 Å². The normalized spacial score (nSPS) is 11.0. The van der Waals surface area contributed by atoms with Crippen molar-refractivity contribution in [1.29, 1.82) is 0 Å². The van der Waals surface area contributed by atoms with E-state index in [9.17, 15) is 0 Å². The first-order valence-corrected chi connectivity index (χ1v) is 7.38. The molecule has 0 atom stereocenters. The Bertz CT molecular complexity index is 593. The number of pyridine rings is 1. The summed E-state index contributed by atoms with van der Waals surface area (Å²) < 4.78 is 5.92. The van der Waals surface area contributed by atoms with Gasteiger partial charge in [-0.1, -0.05) is 37.3 Å². The Kier molecular flexibility index (Phi) is 5.98. The Morgan fingerprint density at radius 2 is 2.10 bits per heavy atom. The van der Waals surface area contributed by atoms with Crippen LogP contribution in [0, 0.1) is 0 Å². The second-order valence-corrected chi connectivity index (χ2v) is 4.82. The third kappa shape index (κ3) is 4.72. The zero-order valence-corrected chi connectivity index (χ0v) is 12.7. The van der Waals surface area contributed by atoms with Crippen molar-refractivity contribution in [2.45, 2.75) is 26.8 Å². The number of hydrogen-bond donors (Lipinski definition) is 1. The van der Waals surface area contributed by atoms with E-state index in [0.717, 1.165) is 30.8 Å². The molecule has 0 spiro atoms. The average Bonchev–Trinajstić information content (AvgIpc) is 2.50. The molecule has 0 aliphatic carbocycles. The van der Waals surface area contributed by atoms with Crippen molar-refractivity contribution in [1.82, 2.24) is 10.3 Å². The van der Waals surface area contributed by atoms with Crippen molar-refractivity contribution in [2.75, 3.05) is 6.54 Å². The van der Waals surface area contributed by atoms with Crippen LogP contribution in [0.4, 0.5) is 0 Å². The fourth-order valence-corrected chi connectivity index (χ4v) is 2.03. The maximum absolute atomic E-state index is 5.92. The highest BCUT2D eigenvalue weighted by molar-refractivity contribution is 5.57. The van der Waals surface area contributed by atoms with E-state index in [1.54, 1.807) is 6.20 Å². The molecule has 3 nitrogen and oxygen atoms in total. The lowest BCUT2D eigenvalue weighted by Crippen LogP contribution is -2.13. The van der Waals surface area contributed by atoms with Crippen LogP contribution in [-0.2, 0) is 6.54 Å². The van der Waals surface area contributed by atoms with Crippen LogP contribution in [0.15, 0.2) is 48.7 Å². The van der Waals surface area contributed by atoms with Crippen LogP contribution in [0.2, 0.25) is 0 Å². The van der Waals surface area contributed by atoms with E-state index in [0.29, 0.717) is 5.88 Å². The minimum Gasteiger partial charge on any atom is -0.438 e. The van der Waals surface area contributed by atoms with E-state index in [1.165, 1.54) is 5.56 Å². The van der Waals surface area contributed by atoms with Gasteiger partial charge in [-0.05, 0) is 37.6 Å². The molecule has 0 aliphatic heterocycles. The van der Waals surface area contributed by atoms with Crippen molar-refractivity contribution >= 4 is 6.08 Å². The molecular formula is C18H22N2O. The average molecular weight is 282 g/mol. The lowest BCUT2D eigenvalue weighted by molar-refractivity contribution is 0.460. The van der Waals surface area contributed by atoms with E-state index in [1.807, 2.05) is 55.5 Å². The summed E-state index contributed by atoms with van der Waals surface area (Å²) in [5.41, 5.74) is 2.23. The smallest absolute Gasteiger partial charge is 0.219 e. The van der Waals surface area contributed by atoms with Gasteiger partial charge in [0.05, 0.1) is 0 Å². The minimum atomic E-state index is 0.628. The largest absolute Gasteiger partial charge is 0.438 e. The molecule has 3 heteroatoms. The number of rotatable bonds is 7. The lowest BCUT2D eigenvalue weighted by Gasteiger charge is -2.09. The number of aromatic nitrogens is 1. The Morgan fingerprint density at radius 3 is 2.90 bits per heavy atom. The molecule has 1 aromatic carbocycles. The Balaban J connectivity index is 2.11. The Morgan fingerprint density at radius 1 is 1.24 bits per heavy atom. The molecule has 110 valence electrons. The highest BCUT2D eigenvalue weighted by Crippen LogP contribution is 2.25. The zero-order chi connectivity index (χ0) is 14.9. The minimum absolute atomic E-state index is 0.628. The zero-order valence-electron chi connectivity index (χ0n) is 12.7. The van der Waals surface area contributed by atoms with Crippen molar-refractivity contribution in [3.05, 3.63) is 59.8 Å². The molecule has 0 bridgehead atoms. The molecule has 0 aliphatic rings. The first-order valence-electron chi connectivity index (χ1n) is 7.38. The van der Waals surface area contributed by atoms with Crippen LogP contribution < -0.4 is 10.1 Å². The van der Waals surface area contributed by atoms with Crippen molar-refractivity contribution < 1.29 is 4.74 Å². The van der Waals surface area contributed by atoms with Crippen LogP contribution >= 0.6 is 0 Å². The van der Waals surface area contributed by atoms with E-state index in [4.69, 9.17) is 4.74 Å². The van der Waals surface area contributed by atoms with E-state index >= 15 is 0 Å². The molecule has 2 aromatic rings. The Hall–Kier alpha value is -2.13. The molecule has 1 aromatic heterocycles. The molecule has 1 N–H and O–H groups in total. The molecule has 0 saturated heterocycles. The lowest BCUT2D eigenvalue weighted by atomic mass is 10.2. The molecule has 2 rings (SSSR count). The molecule has 0 unspecified atom stereocenters. The number of nitrogens with one attached hydrogen (secondary N) is 1. The number of para-hydroxylation sites is 1. The third-order valence-corrected chi connectivity index (χ3v) is 3.03. The van der Waals surface area contributed by atoms with Gasteiger partial charge < -0.3 is 10.1 Å². The predicted octanol–water partition coefficient (Wildman–Crippen LogP) is 4.41.